The number of hydrogen-bond donors (Lipinski definition) is 1. The van der Waals surface area contributed by atoms with Gasteiger partial charge < -0.3 is 5.73 Å². The lowest BCUT2D eigenvalue weighted by molar-refractivity contribution is -0.385. The summed E-state index contributed by atoms with van der Waals surface area (Å²) in [5.41, 5.74) is 7.26. The smallest absolute Gasteiger partial charge is 0.272 e. The molecule has 2 N–H and O–H groups in total. The first kappa shape index (κ1) is 15.5. The average molecular weight is 325 g/mol. The Balaban J connectivity index is 2.29. The Morgan fingerprint density at radius 1 is 1.33 bits per heavy atom. The zero-order valence-corrected chi connectivity index (χ0v) is 12.8. The summed E-state index contributed by atoms with van der Waals surface area (Å²) < 4.78 is 12.4. The second-order valence-corrected chi connectivity index (χ2v) is 6.35. The summed E-state index contributed by atoms with van der Waals surface area (Å²) in [6.45, 7) is 1.65. The summed E-state index contributed by atoms with van der Waals surface area (Å²) in [5.74, 6) is 0.188. The molecule has 0 aliphatic heterocycles. The number of nitrogens with zero attached hydrogens (tertiary/aromatic N) is 1. The van der Waals surface area contributed by atoms with Crippen LogP contribution in [0.4, 0.5) is 11.4 Å². The van der Waals surface area contributed by atoms with Crippen molar-refractivity contribution in [1.29, 1.82) is 0 Å². The van der Waals surface area contributed by atoms with Gasteiger partial charge in [0.1, 0.15) is 0 Å². The molecule has 1 atom stereocenters. The zero-order chi connectivity index (χ0) is 15.6. The second-order valence-electron chi connectivity index (χ2n) is 4.49. The van der Waals surface area contributed by atoms with Crippen LogP contribution in [0.15, 0.2) is 41.3 Å². The molecule has 0 fully saturated rings. The third-order valence-corrected chi connectivity index (χ3v) is 4.82. The molecule has 0 radical (unpaired) electrons. The molecule has 0 spiro atoms. The first-order valence-corrected chi connectivity index (χ1v) is 7.76. The molecule has 21 heavy (non-hydrogen) atoms. The van der Waals surface area contributed by atoms with E-state index in [1.165, 1.54) is 6.07 Å². The van der Waals surface area contributed by atoms with E-state index in [0.29, 0.717) is 26.7 Å². The summed E-state index contributed by atoms with van der Waals surface area (Å²) in [6, 6.07) is 9.55. The lowest BCUT2D eigenvalue weighted by Gasteiger charge is -2.07. The number of benzene rings is 2. The highest BCUT2D eigenvalue weighted by Gasteiger charge is 2.15. The number of halogens is 1. The van der Waals surface area contributed by atoms with Crippen LogP contribution in [0.1, 0.15) is 11.1 Å². The number of nitro benzene ring substituents is 1. The van der Waals surface area contributed by atoms with E-state index >= 15 is 0 Å². The predicted octanol–water partition coefficient (Wildman–Crippen LogP) is 3.45. The minimum Gasteiger partial charge on any atom is -0.398 e. The molecule has 7 heteroatoms. The van der Waals surface area contributed by atoms with Crippen LogP contribution in [0, 0.1) is 17.0 Å². The Hall–Kier alpha value is -1.92. The Bertz CT molecular complexity index is 734. The van der Waals surface area contributed by atoms with Gasteiger partial charge in [0.05, 0.1) is 32.2 Å². The van der Waals surface area contributed by atoms with E-state index in [9.17, 15) is 14.3 Å². The van der Waals surface area contributed by atoms with Crippen LogP contribution in [0.5, 0.6) is 0 Å². The molecule has 2 aromatic carbocycles. The van der Waals surface area contributed by atoms with Gasteiger partial charge in [0.25, 0.3) is 5.69 Å². The molecule has 0 saturated heterocycles. The predicted molar refractivity (Wildman–Crippen MR) is 83.8 cm³/mol. The SMILES string of the molecule is Cc1c(CS(=O)c2ccc(N)c(Cl)c2)cccc1[N+](=O)[O-]. The van der Waals surface area contributed by atoms with Crippen molar-refractivity contribution in [2.75, 3.05) is 5.73 Å². The molecule has 0 amide bonds. The van der Waals surface area contributed by atoms with Crippen LogP contribution in [0.25, 0.3) is 0 Å². The maximum absolute atomic E-state index is 12.4. The van der Waals surface area contributed by atoms with E-state index < -0.39 is 15.7 Å². The van der Waals surface area contributed by atoms with Crippen LogP contribution in [-0.4, -0.2) is 9.13 Å². The van der Waals surface area contributed by atoms with Crippen molar-refractivity contribution >= 4 is 33.8 Å². The van der Waals surface area contributed by atoms with E-state index in [1.54, 1.807) is 37.3 Å². The molecular formula is C14H13ClN2O3S. The van der Waals surface area contributed by atoms with Crippen molar-refractivity contribution in [3.05, 3.63) is 62.7 Å². The summed E-state index contributed by atoms with van der Waals surface area (Å²) >= 11 is 5.91. The third-order valence-electron chi connectivity index (χ3n) is 3.14. The van der Waals surface area contributed by atoms with Crippen molar-refractivity contribution in [2.45, 2.75) is 17.6 Å². The number of nitrogens with two attached hydrogens (primary N) is 1. The molecule has 0 heterocycles. The highest BCUT2D eigenvalue weighted by molar-refractivity contribution is 7.84. The van der Waals surface area contributed by atoms with Crippen LogP contribution in [0.2, 0.25) is 5.02 Å². The van der Waals surface area contributed by atoms with Gasteiger partial charge in [-0.15, -0.1) is 0 Å². The second kappa shape index (κ2) is 6.24. The quantitative estimate of drug-likeness (QED) is 0.530. The number of nitro groups is 1. The number of anilines is 1. The molecule has 1 unspecified atom stereocenters. The summed E-state index contributed by atoms with van der Waals surface area (Å²) in [6.07, 6.45) is 0. The van der Waals surface area contributed by atoms with Gasteiger partial charge >= 0.3 is 0 Å². The lowest BCUT2D eigenvalue weighted by Crippen LogP contribution is -2.01. The van der Waals surface area contributed by atoms with E-state index in [4.69, 9.17) is 17.3 Å². The maximum atomic E-state index is 12.4. The molecule has 0 bridgehead atoms. The normalized spacial score (nSPS) is 12.1. The summed E-state index contributed by atoms with van der Waals surface area (Å²) in [5, 5.41) is 11.3. The highest BCUT2D eigenvalue weighted by atomic mass is 35.5. The fourth-order valence-corrected chi connectivity index (χ4v) is 3.37. The van der Waals surface area contributed by atoms with E-state index in [1.807, 2.05) is 0 Å². The molecule has 110 valence electrons. The van der Waals surface area contributed by atoms with Crippen LogP contribution >= 0.6 is 11.6 Å². The van der Waals surface area contributed by atoms with Crippen LogP contribution < -0.4 is 5.73 Å². The number of rotatable bonds is 4. The summed E-state index contributed by atoms with van der Waals surface area (Å²) in [7, 11) is -1.35. The average Bonchev–Trinajstić information content (AvgIpc) is 2.43. The Labute approximate surface area is 129 Å². The molecule has 5 nitrogen and oxygen atoms in total. The molecule has 2 aromatic rings. The topological polar surface area (TPSA) is 86.2 Å². The van der Waals surface area contributed by atoms with Gasteiger partial charge in [0.15, 0.2) is 0 Å². The first-order chi connectivity index (χ1) is 9.90. The first-order valence-electron chi connectivity index (χ1n) is 6.06. The maximum Gasteiger partial charge on any atom is 0.272 e. The Morgan fingerprint density at radius 2 is 2.05 bits per heavy atom. The minimum atomic E-state index is -1.35. The van der Waals surface area contributed by atoms with E-state index in [2.05, 4.69) is 0 Å². The van der Waals surface area contributed by atoms with Gasteiger partial charge in [-0.05, 0) is 30.7 Å². The fraction of sp³-hybridized carbons (Fsp3) is 0.143. The minimum absolute atomic E-state index is 0.0276. The fourth-order valence-electron chi connectivity index (χ4n) is 1.90. The van der Waals surface area contributed by atoms with Crippen LogP contribution in [0.3, 0.4) is 0 Å². The molecule has 0 aliphatic carbocycles. The van der Waals surface area contributed by atoms with Crippen molar-refractivity contribution in [1.82, 2.24) is 0 Å². The van der Waals surface area contributed by atoms with Crippen molar-refractivity contribution < 1.29 is 9.13 Å². The van der Waals surface area contributed by atoms with Crippen molar-refractivity contribution in [2.24, 2.45) is 0 Å². The number of nitrogen functional groups attached to an aromatic ring is 1. The molecule has 0 aliphatic rings. The van der Waals surface area contributed by atoms with Gasteiger partial charge in [0, 0.05) is 16.5 Å². The van der Waals surface area contributed by atoms with Gasteiger partial charge in [0.2, 0.25) is 0 Å². The third kappa shape index (κ3) is 3.40. The van der Waals surface area contributed by atoms with Crippen molar-refractivity contribution in [3.63, 3.8) is 0 Å². The zero-order valence-electron chi connectivity index (χ0n) is 11.2. The standard InChI is InChI=1S/C14H13ClN2O3S/c1-9-10(3-2-4-14(9)17(18)19)8-21(20)11-5-6-13(16)12(15)7-11/h2-7H,8,16H2,1H3. The van der Waals surface area contributed by atoms with Gasteiger partial charge in [-0.25, -0.2) is 0 Å². The van der Waals surface area contributed by atoms with Gasteiger partial charge in [-0.2, -0.15) is 0 Å². The largest absolute Gasteiger partial charge is 0.398 e. The van der Waals surface area contributed by atoms with E-state index in [-0.39, 0.29) is 11.4 Å². The van der Waals surface area contributed by atoms with Gasteiger partial charge in [-0.3, -0.25) is 14.3 Å². The van der Waals surface area contributed by atoms with Crippen molar-refractivity contribution in [3.8, 4) is 0 Å². The van der Waals surface area contributed by atoms with Crippen LogP contribution in [-0.2, 0) is 16.6 Å². The Morgan fingerprint density at radius 3 is 2.67 bits per heavy atom. The van der Waals surface area contributed by atoms with E-state index in [0.717, 1.165) is 0 Å². The monoisotopic (exact) mass is 324 g/mol. The number of hydrogen-bond acceptors (Lipinski definition) is 4. The molecule has 0 saturated carbocycles. The summed E-state index contributed by atoms with van der Waals surface area (Å²) in [4.78, 5) is 11.0. The lowest BCUT2D eigenvalue weighted by atomic mass is 10.1. The molecule has 0 aromatic heterocycles. The molecule has 2 rings (SSSR count). The molecular weight excluding hydrogens is 312 g/mol. The Kier molecular flexibility index (Phi) is 4.59. The van der Waals surface area contributed by atoms with Gasteiger partial charge in [-0.1, -0.05) is 23.7 Å². The highest BCUT2D eigenvalue weighted by Crippen LogP contribution is 2.26.